The molecular formula is C16H36O2PV2W2Y4-5. The predicted molar refractivity (Wildman–Crippen MR) is 92.0 cm³/mol. The zero-order valence-electron chi connectivity index (χ0n) is 18.6. The average Bonchev–Trinajstić information content (AvgIpc) is 2.46. The van der Waals surface area contributed by atoms with E-state index in [-0.39, 0.29) is 219 Å². The first-order valence-electron chi connectivity index (χ1n) is 6.66. The molecule has 0 spiro atoms. The van der Waals surface area contributed by atoms with Crippen molar-refractivity contribution in [3.8, 4) is 0 Å². The first-order chi connectivity index (χ1) is 8.95. The van der Waals surface area contributed by atoms with Gasteiger partial charge in [0, 0.05) is 217 Å². The van der Waals surface area contributed by atoms with Crippen molar-refractivity contribution >= 4 is 15.2 Å². The van der Waals surface area contributed by atoms with E-state index < -0.39 is 0 Å². The molecule has 0 aromatic heterocycles. The van der Waals surface area contributed by atoms with Gasteiger partial charge in [-0.15, -0.1) is 13.8 Å². The van der Waals surface area contributed by atoms with Crippen LogP contribution in [0.15, 0.2) is 0 Å². The molecule has 6 radical (unpaired) electrons. The van der Waals surface area contributed by atoms with Gasteiger partial charge in [0.25, 0.3) is 0 Å². The third-order valence-corrected chi connectivity index (χ3v) is 1.14. The largest absolute Gasteiger partial charge is 0.545 e. The number of rotatable bonds is 2. The van der Waals surface area contributed by atoms with Gasteiger partial charge in [-0.1, -0.05) is 27.7 Å². The Labute approximate surface area is 328 Å². The molecule has 0 aromatic carbocycles. The van der Waals surface area contributed by atoms with E-state index >= 15 is 0 Å². The maximum absolute atomic E-state index is 8.90. The molecule has 0 heterocycles. The van der Waals surface area contributed by atoms with Crippen LogP contribution in [0.4, 0.5) is 0 Å². The predicted octanol–water partition coefficient (Wildman–Crippen LogP) is 6.03. The van der Waals surface area contributed by atoms with Crippen LogP contribution in [-0.2, 0) is 219 Å². The maximum atomic E-state index is 8.90. The van der Waals surface area contributed by atoms with Gasteiger partial charge < -0.3 is 43.3 Å². The second kappa shape index (κ2) is 133. The summed E-state index contributed by atoms with van der Waals surface area (Å²) in [6.07, 6.45) is 4.11. The second-order valence-corrected chi connectivity index (χ2v) is 3.17. The molecule has 0 amide bonds. The fraction of sp³-hybridized carbons (Fsp3) is 0.688. The zero-order valence-corrected chi connectivity index (χ0v) is 39.5. The van der Waals surface area contributed by atoms with Crippen molar-refractivity contribution in [1.29, 1.82) is 0 Å². The van der Waals surface area contributed by atoms with Crippen LogP contribution in [0.3, 0.4) is 0 Å². The monoisotopic (exact) mass is 1120 g/mol. The minimum Gasteiger partial charge on any atom is -0.545 e. The molecule has 0 saturated carbocycles. The molecule has 0 N–H and O–H groups in total. The molecule has 0 aliphatic heterocycles. The quantitative estimate of drug-likeness (QED) is 0.193. The number of hydrogen-bond acceptors (Lipinski definition) is 2. The van der Waals surface area contributed by atoms with Gasteiger partial charge in [-0.3, -0.25) is 11.4 Å². The summed E-state index contributed by atoms with van der Waals surface area (Å²) in [7, 11) is 0.167. The molecule has 27 heavy (non-hydrogen) atoms. The summed E-state index contributed by atoms with van der Waals surface area (Å²) >= 11 is 0. The van der Waals surface area contributed by atoms with Gasteiger partial charge in [-0.2, -0.15) is 13.8 Å². The summed E-state index contributed by atoms with van der Waals surface area (Å²) in [4.78, 5) is 7.75. The van der Waals surface area contributed by atoms with E-state index in [0.29, 0.717) is 11.8 Å². The van der Waals surface area contributed by atoms with Gasteiger partial charge >= 0.3 is 0 Å². The third kappa shape index (κ3) is 268. The summed E-state index contributed by atoms with van der Waals surface area (Å²) in [6.45, 7) is 28.3. The number of hydrogen-bond donors (Lipinski definition) is 0. The molecule has 0 aliphatic carbocycles. The Morgan fingerprint density at radius 3 is 0.778 bits per heavy atom. The molecule has 0 rings (SSSR count). The van der Waals surface area contributed by atoms with Crippen molar-refractivity contribution in [2.75, 3.05) is 6.66 Å². The molecule has 0 fully saturated rings. The fourth-order valence-electron chi connectivity index (χ4n) is 0. The summed E-state index contributed by atoms with van der Waals surface area (Å²) in [5.74, 6) is 1.02. The van der Waals surface area contributed by atoms with Gasteiger partial charge in [-0.05, 0) is 0 Å². The Hall–Kier alpha value is 6.73. The van der Waals surface area contributed by atoms with Crippen molar-refractivity contribution in [1.82, 2.24) is 0 Å². The Morgan fingerprint density at radius 2 is 0.778 bits per heavy atom. The molecule has 2 unspecified atom stereocenters. The molecule has 2 nitrogen and oxygen atoms in total. The molecule has 0 bridgehead atoms. The van der Waals surface area contributed by atoms with Crippen molar-refractivity contribution in [3.63, 3.8) is 0 Å². The molecular weight excluding hydrogens is 1080 g/mol. The molecule has 0 saturated heterocycles. The minimum absolute atomic E-state index is 0. The Morgan fingerprint density at radius 1 is 0.741 bits per heavy atom. The van der Waals surface area contributed by atoms with Crippen LogP contribution in [-0.4, -0.2) is 13.5 Å². The van der Waals surface area contributed by atoms with Crippen LogP contribution >= 0.6 is 8.46 Å². The minimum atomic E-state index is 0. The maximum Gasteiger partial charge on any atom is 0.151 e. The summed E-state index contributed by atoms with van der Waals surface area (Å²) in [5, 5.41) is 0. The van der Waals surface area contributed by atoms with Gasteiger partial charge in [0.2, 0.25) is 0 Å². The van der Waals surface area contributed by atoms with Crippen LogP contribution in [0.5, 0.6) is 0 Å². The second-order valence-electron chi connectivity index (χ2n) is 2.80. The van der Waals surface area contributed by atoms with Gasteiger partial charge in [-0.25, -0.2) is 0 Å². The van der Waals surface area contributed by atoms with Crippen molar-refractivity contribution in [2.45, 2.75) is 55.4 Å². The summed E-state index contributed by atoms with van der Waals surface area (Å²) in [6, 6.07) is 0. The van der Waals surface area contributed by atoms with Crippen LogP contribution in [0.25, 0.3) is 0 Å². The standard InChI is InChI=1S/2C5H10.2C2H6.CH3OP.CHO.2V.2W.4Y/c2*1-4-5(2)3;2*1-2;1-3-2;1-2;;;;;;;;/h2*4-5H,2H2,1,3H3;2*1-2H3;1H3;1H;;;;;;;;/q2*-2;;;;-1;;;;;;;;. The van der Waals surface area contributed by atoms with Crippen molar-refractivity contribution in [2.24, 2.45) is 11.8 Å². The van der Waals surface area contributed by atoms with E-state index in [4.69, 9.17) is 9.36 Å². The summed E-state index contributed by atoms with van der Waals surface area (Å²) in [5.41, 5.74) is 0. The van der Waals surface area contributed by atoms with Gasteiger partial charge in [0.1, 0.15) is 0 Å². The molecule has 0 aromatic rings. The summed E-state index contributed by atoms with van der Waals surface area (Å²) < 4.78 is 8.90. The van der Waals surface area contributed by atoms with E-state index in [0.717, 1.165) is 0 Å². The van der Waals surface area contributed by atoms with Crippen LogP contribution in [0.2, 0.25) is 0 Å². The fourth-order valence-corrected chi connectivity index (χ4v) is 0. The van der Waals surface area contributed by atoms with E-state index in [2.05, 4.69) is 47.3 Å². The normalized spacial score (nSPS) is 6.93. The van der Waals surface area contributed by atoms with Gasteiger partial charge in [0.15, 0.2) is 8.46 Å². The third-order valence-electron chi connectivity index (χ3n) is 1.14. The smallest absolute Gasteiger partial charge is 0.151 e. The van der Waals surface area contributed by atoms with E-state index in [1.165, 1.54) is 0 Å². The Balaban J connectivity index is -0.00000000614. The Bertz CT molecular complexity index is 122. The molecule has 11 heteroatoms. The topological polar surface area (TPSA) is 34.1 Å². The average molecular weight is 1120 g/mol. The Kier molecular flexibility index (Phi) is 458. The van der Waals surface area contributed by atoms with Crippen molar-refractivity contribution < 1.29 is 219 Å². The van der Waals surface area contributed by atoms with E-state index in [1.807, 2.05) is 41.5 Å². The molecule has 2 atom stereocenters. The van der Waals surface area contributed by atoms with Crippen LogP contribution < -0.4 is 0 Å². The molecule has 0 aliphatic rings. The van der Waals surface area contributed by atoms with Crippen molar-refractivity contribution in [3.05, 3.63) is 26.7 Å². The first-order valence-corrected chi connectivity index (χ1v) is 7.92. The SMILES string of the molecule is CC.CC.CP=O.[CH-]=O.[CH2-]C(C)[CH-]C.[CH2-]C(C)[CH-]C.[V].[V].[W].[W].[Y].[Y].[Y].[Y]. The van der Waals surface area contributed by atoms with E-state index in [1.54, 1.807) is 6.66 Å². The molecule has 156 valence electrons. The van der Waals surface area contributed by atoms with Crippen LogP contribution in [0, 0.1) is 38.5 Å². The van der Waals surface area contributed by atoms with Gasteiger partial charge in [0.05, 0.1) is 0 Å². The zero-order chi connectivity index (χ0) is 17.3. The van der Waals surface area contributed by atoms with E-state index in [9.17, 15) is 0 Å². The number of carbonyl (C=O) groups excluding carboxylic acids is 1. The van der Waals surface area contributed by atoms with Crippen LogP contribution in [0.1, 0.15) is 55.4 Å². The first kappa shape index (κ1) is 92.8.